The van der Waals surface area contributed by atoms with Crippen LogP contribution >= 0.6 is 0 Å². The number of nitrogens with zero attached hydrogens (tertiary/aromatic N) is 5. The Morgan fingerprint density at radius 1 is 1.07 bits per heavy atom. The maximum Gasteiger partial charge on any atom is 0.515 e. The van der Waals surface area contributed by atoms with Gasteiger partial charge in [-0.1, -0.05) is 5.21 Å². The van der Waals surface area contributed by atoms with E-state index in [1.54, 1.807) is 30.8 Å². The van der Waals surface area contributed by atoms with E-state index >= 15 is 0 Å². The second-order valence-corrected chi connectivity index (χ2v) is 5.30. The number of rotatable bonds is 6. The van der Waals surface area contributed by atoms with Gasteiger partial charge in [0.05, 0.1) is 6.61 Å². The lowest BCUT2D eigenvalue weighted by atomic mass is 10.1. The van der Waals surface area contributed by atoms with Crippen LogP contribution in [0.4, 0.5) is 9.18 Å². The van der Waals surface area contributed by atoms with E-state index in [4.69, 9.17) is 9.47 Å². The highest BCUT2D eigenvalue weighted by Gasteiger charge is 2.14. The predicted octanol–water partition coefficient (Wildman–Crippen LogP) is 2.53. The molecular weight excluding hydrogens is 357 g/mol. The lowest BCUT2D eigenvalue weighted by Crippen LogP contribution is -2.11. The molecule has 9 nitrogen and oxygen atoms in total. The molecule has 0 bridgehead atoms. The van der Waals surface area contributed by atoms with Gasteiger partial charge < -0.3 is 14.2 Å². The Hall–Kier alpha value is -3.56. The number of carbonyl (C=O) groups excluding carboxylic acids is 1. The zero-order valence-electron chi connectivity index (χ0n) is 14.6. The van der Waals surface area contributed by atoms with E-state index in [9.17, 15) is 9.18 Å². The Balaban J connectivity index is 1.67. The standard InChI is InChI=1S/C17H16FN5O4/c1-3-25-17(24)27-15-9-8-14(19-20-15)26-10-13-16(21-22-23(13)2)11-4-6-12(18)7-5-11/h4-9H,3,10H2,1-2H3. The minimum atomic E-state index is -0.856. The van der Waals surface area contributed by atoms with E-state index < -0.39 is 6.16 Å². The van der Waals surface area contributed by atoms with Crippen LogP contribution in [0.1, 0.15) is 12.6 Å². The highest BCUT2D eigenvalue weighted by atomic mass is 19.1. The van der Waals surface area contributed by atoms with Gasteiger partial charge in [-0.25, -0.2) is 13.9 Å². The van der Waals surface area contributed by atoms with E-state index in [2.05, 4.69) is 25.2 Å². The summed E-state index contributed by atoms with van der Waals surface area (Å²) in [6, 6.07) is 8.86. The van der Waals surface area contributed by atoms with Crippen molar-refractivity contribution in [2.45, 2.75) is 13.5 Å². The van der Waals surface area contributed by atoms with Crippen molar-refractivity contribution in [2.75, 3.05) is 6.61 Å². The number of carbonyl (C=O) groups is 1. The number of hydrogen-bond acceptors (Lipinski definition) is 8. The third kappa shape index (κ3) is 4.54. The molecule has 3 aromatic rings. The van der Waals surface area contributed by atoms with E-state index in [1.807, 2.05) is 0 Å². The van der Waals surface area contributed by atoms with Crippen LogP contribution in [-0.2, 0) is 18.4 Å². The van der Waals surface area contributed by atoms with Crippen LogP contribution in [-0.4, -0.2) is 38.0 Å². The number of hydrogen-bond donors (Lipinski definition) is 0. The highest BCUT2D eigenvalue weighted by molar-refractivity contribution is 5.63. The van der Waals surface area contributed by atoms with Crippen molar-refractivity contribution in [1.29, 1.82) is 0 Å². The zero-order chi connectivity index (χ0) is 19.2. The second-order valence-electron chi connectivity index (χ2n) is 5.30. The Labute approximate surface area is 153 Å². The topological polar surface area (TPSA) is 101 Å². The first kappa shape index (κ1) is 18.2. The smallest absolute Gasteiger partial charge is 0.470 e. The summed E-state index contributed by atoms with van der Waals surface area (Å²) >= 11 is 0. The third-order valence-electron chi connectivity index (χ3n) is 3.48. The maximum atomic E-state index is 13.1. The second kappa shape index (κ2) is 8.21. The molecule has 0 amide bonds. The van der Waals surface area contributed by atoms with Crippen molar-refractivity contribution >= 4 is 6.16 Å². The number of halogens is 1. The fourth-order valence-electron chi connectivity index (χ4n) is 2.18. The molecule has 0 aliphatic heterocycles. The number of aromatic nitrogens is 5. The molecule has 0 aliphatic rings. The van der Waals surface area contributed by atoms with Crippen LogP contribution in [0.15, 0.2) is 36.4 Å². The maximum absolute atomic E-state index is 13.1. The summed E-state index contributed by atoms with van der Waals surface area (Å²) in [5, 5.41) is 15.6. The van der Waals surface area contributed by atoms with Gasteiger partial charge in [0.1, 0.15) is 23.8 Å². The molecule has 0 saturated carbocycles. The fraction of sp³-hybridized carbons (Fsp3) is 0.235. The van der Waals surface area contributed by atoms with Crippen LogP contribution in [0.5, 0.6) is 11.8 Å². The van der Waals surface area contributed by atoms with Gasteiger partial charge in [-0.2, -0.15) is 0 Å². The van der Waals surface area contributed by atoms with Crippen molar-refractivity contribution in [1.82, 2.24) is 25.2 Å². The van der Waals surface area contributed by atoms with Gasteiger partial charge in [-0.15, -0.1) is 15.3 Å². The van der Waals surface area contributed by atoms with Crippen molar-refractivity contribution < 1.29 is 23.4 Å². The van der Waals surface area contributed by atoms with E-state index in [0.29, 0.717) is 17.0 Å². The summed E-state index contributed by atoms with van der Waals surface area (Å²) in [5.41, 5.74) is 1.97. The van der Waals surface area contributed by atoms with Gasteiger partial charge in [0.2, 0.25) is 11.8 Å². The molecule has 2 aromatic heterocycles. The molecule has 0 radical (unpaired) electrons. The largest absolute Gasteiger partial charge is 0.515 e. The van der Waals surface area contributed by atoms with Crippen LogP contribution in [0.25, 0.3) is 11.3 Å². The van der Waals surface area contributed by atoms with Gasteiger partial charge in [0.25, 0.3) is 0 Å². The number of ether oxygens (including phenoxy) is 3. The van der Waals surface area contributed by atoms with Crippen LogP contribution < -0.4 is 9.47 Å². The minimum absolute atomic E-state index is 0.00463. The summed E-state index contributed by atoms with van der Waals surface area (Å²) in [4.78, 5) is 11.2. The quantitative estimate of drug-likeness (QED) is 0.608. The molecule has 140 valence electrons. The summed E-state index contributed by atoms with van der Waals surface area (Å²) < 4.78 is 29.7. The summed E-state index contributed by atoms with van der Waals surface area (Å²) in [6.45, 7) is 1.98. The molecule has 27 heavy (non-hydrogen) atoms. The number of aryl methyl sites for hydroxylation is 1. The molecule has 0 fully saturated rings. The fourth-order valence-corrected chi connectivity index (χ4v) is 2.18. The van der Waals surface area contributed by atoms with Gasteiger partial charge in [-0.05, 0) is 31.2 Å². The van der Waals surface area contributed by atoms with E-state index in [0.717, 1.165) is 0 Å². The van der Waals surface area contributed by atoms with Gasteiger partial charge in [0, 0.05) is 24.7 Å². The average molecular weight is 373 g/mol. The first-order chi connectivity index (χ1) is 13.1. The van der Waals surface area contributed by atoms with Crippen LogP contribution in [0.2, 0.25) is 0 Å². The van der Waals surface area contributed by atoms with Crippen LogP contribution in [0.3, 0.4) is 0 Å². The molecule has 1 aromatic carbocycles. The molecular formula is C17H16FN5O4. The summed E-state index contributed by atoms with van der Waals surface area (Å²) in [7, 11) is 1.72. The van der Waals surface area contributed by atoms with E-state index in [-0.39, 0.29) is 30.8 Å². The normalized spacial score (nSPS) is 10.5. The van der Waals surface area contributed by atoms with Gasteiger partial charge in [0.15, 0.2) is 0 Å². The predicted molar refractivity (Wildman–Crippen MR) is 90.4 cm³/mol. The Bertz CT molecular complexity index is 912. The van der Waals surface area contributed by atoms with Crippen molar-refractivity contribution in [2.24, 2.45) is 7.05 Å². The summed E-state index contributed by atoms with van der Waals surface area (Å²) in [6.07, 6.45) is -0.856. The number of benzene rings is 1. The Kier molecular flexibility index (Phi) is 5.55. The van der Waals surface area contributed by atoms with Gasteiger partial charge in [-0.3, -0.25) is 0 Å². The van der Waals surface area contributed by atoms with Crippen molar-refractivity contribution in [3.8, 4) is 23.0 Å². The van der Waals surface area contributed by atoms with Crippen molar-refractivity contribution in [3.63, 3.8) is 0 Å². The minimum Gasteiger partial charge on any atom is -0.470 e. The molecule has 2 heterocycles. The average Bonchev–Trinajstić information content (AvgIpc) is 3.02. The molecule has 0 atom stereocenters. The first-order valence-electron chi connectivity index (χ1n) is 8.02. The third-order valence-corrected chi connectivity index (χ3v) is 3.48. The molecule has 0 aliphatic carbocycles. The zero-order valence-corrected chi connectivity index (χ0v) is 14.6. The lowest BCUT2D eigenvalue weighted by molar-refractivity contribution is 0.102. The Morgan fingerprint density at radius 3 is 2.44 bits per heavy atom. The molecule has 3 rings (SSSR count). The Morgan fingerprint density at radius 2 is 1.78 bits per heavy atom. The SMILES string of the molecule is CCOC(=O)Oc1ccc(OCc2c(-c3ccc(F)cc3)nnn2C)nn1. The van der Waals surface area contributed by atoms with Crippen molar-refractivity contribution in [3.05, 3.63) is 47.9 Å². The monoisotopic (exact) mass is 373 g/mol. The molecule has 0 saturated heterocycles. The molecule has 0 N–H and O–H groups in total. The highest BCUT2D eigenvalue weighted by Crippen LogP contribution is 2.22. The molecule has 0 spiro atoms. The van der Waals surface area contributed by atoms with Crippen LogP contribution in [0, 0.1) is 5.82 Å². The first-order valence-corrected chi connectivity index (χ1v) is 8.02. The summed E-state index contributed by atoms with van der Waals surface area (Å²) in [5.74, 6) is -0.117. The lowest BCUT2D eigenvalue weighted by Gasteiger charge is -2.07. The van der Waals surface area contributed by atoms with Gasteiger partial charge >= 0.3 is 6.16 Å². The molecule has 10 heteroatoms. The molecule has 0 unspecified atom stereocenters. The van der Waals surface area contributed by atoms with E-state index in [1.165, 1.54) is 24.3 Å².